The van der Waals surface area contributed by atoms with Gasteiger partial charge in [0.05, 0.1) is 20.0 Å². The van der Waals surface area contributed by atoms with E-state index in [1.54, 1.807) is 12.1 Å². The van der Waals surface area contributed by atoms with Gasteiger partial charge in [-0.1, -0.05) is 6.07 Å². The molecule has 160 valence electrons. The van der Waals surface area contributed by atoms with Crippen LogP contribution in [0.25, 0.3) is 11.2 Å². The molecular weight excluding hydrogens is 394 g/mol. The van der Waals surface area contributed by atoms with Crippen molar-refractivity contribution in [2.75, 3.05) is 25.6 Å². The van der Waals surface area contributed by atoms with E-state index in [0.717, 1.165) is 5.56 Å². The van der Waals surface area contributed by atoms with E-state index in [4.69, 9.17) is 9.47 Å². The topological polar surface area (TPSA) is 155 Å². The van der Waals surface area contributed by atoms with Gasteiger partial charge in [0.2, 0.25) is 0 Å². The summed E-state index contributed by atoms with van der Waals surface area (Å²) in [5.41, 5.74) is 1.82. The summed E-state index contributed by atoms with van der Waals surface area (Å²) in [4.78, 5) is 12.8. The van der Waals surface area contributed by atoms with Crippen molar-refractivity contribution >= 4 is 17.0 Å². The molecule has 3 heterocycles. The normalized spacial score (nSPS) is 23.7. The van der Waals surface area contributed by atoms with Crippen molar-refractivity contribution in [3.63, 3.8) is 0 Å². The standard InChI is InChI=1S/C19H23N5O6/c1-29-12-3-2-10(6-11(12)26)4-5-20-17-14-18(22-8-21-17)24(9-23-14)19-16(28)15(27)13(7-25)30-19/h2-3,6,8-9,13,15-16,19,25-28H,4-5,7H2,1H3,(H,20,21,22)/t13-,15?,16+,19-/m1/s1. The second-order valence-electron chi connectivity index (χ2n) is 6.96. The first-order chi connectivity index (χ1) is 14.5. The number of benzene rings is 1. The maximum atomic E-state index is 10.3. The fraction of sp³-hybridized carbons (Fsp3) is 0.421. The summed E-state index contributed by atoms with van der Waals surface area (Å²) in [7, 11) is 1.50. The molecule has 4 rings (SSSR count). The molecule has 0 radical (unpaired) electrons. The van der Waals surface area contributed by atoms with Gasteiger partial charge in [0, 0.05) is 6.54 Å². The number of nitrogens with zero attached hydrogens (tertiary/aromatic N) is 4. The van der Waals surface area contributed by atoms with E-state index in [0.29, 0.717) is 35.7 Å². The number of aromatic hydroxyl groups is 1. The lowest BCUT2D eigenvalue weighted by Crippen LogP contribution is -2.33. The van der Waals surface area contributed by atoms with Crippen molar-refractivity contribution in [1.29, 1.82) is 0 Å². The SMILES string of the molecule is COc1ccc(CCNc2ncnc3c2ncn3[C@@H]2O[C@H](CO)C(O)[C@@H]2O)cc1O. The number of aromatic nitrogens is 4. The van der Waals surface area contributed by atoms with Crippen LogP contribution in [0.2, 0.25) is 0 Å². The Hall–Kier alpha value is -2.99. The third-order valence-corrected chi connectivity index (χ3v) is 5.10. The van der Waals surface area contributed by atoms with Crippen LogP contribution < -0.4 is 10.1 Å². The zero-order valence-corrected chi connectivity index (χ0v) is 16.2. The van der Waals surface area contributed by atoms with E-state index >= 15 is 0 Å². The monoisotopic (exact) mass is 417 g/mol. The zero-order chi connectivity index (χ0) is 21.3. The van der Waals surface area contributed by atoms with Crippen molar-refractivity contribution < 1.29 is 29.9 Å². The zero-order valence-electron chi connectivity index (χ0n) is 16.2. The lowest BCUT2D eigenvalue weighted by molar-refractivity contribution is -0.0511. The van der Waals surface area contributed by atoms with E-state index in [1.807, 2.05) is 6.07 Å². The van der Waals surface area contributed by atoms with Crippen LogP contribution in [0.5, 0.6) is 11.5 Å². The molecule has 1 saturated heterocycles. The van der Waals surface area contributed by atoms with Crippen LogP contribution in [0.1, 0.15) is 11.8 Å². The van der Waals surface area contributed by atoms with Crippen molar-refractivity contribution in [1.82, 2.24) is 19.5 Å². The van der Waals surface area contributed by atoms with Crippen LogP contribution in [0.15, 0.2) is 30.9 Å². The molecule has 1 aliphatic heterocycles. The number of aliphatic hydroxyl groups is 3. The first-order valence-electron chi connectivity index (χ1n) is 9.43. The molecule has 0 spiro atoms. The maximum absolute atomic E-state index is 10.3. The van der Waals surface area contributed by atoms with Crippen LogP contribution in [0.4, 0.5) is 5.82 Å². The maximum Gasteiger partial charge on any atom is 0.167 e. The van der Waals surface area contributed by atoms with Gasteiger partial charge in [-0.3, -0.25) is 4.57 Å². The lowest BCUT2D eigenvalue weighted by atomic mass is 10.1. The minimum absolute atomic E-state index is 0.0802. The molecule has 1 fully saturated rings. The fourth-order valence-electron chi connectivity index (χ4n) is 3.49. The van der Waals surface area contributed by atoms with Crippen LogP contribution in [-0.4, -0.2) is 78.5 Å². The number of methoxy groups -OCH3 is 1. The van der Waals surface area contributed by atoms with E-state index in [2.05, 4.69) is 20.3 Å². The highest BCUT2D eigenvalue weighted by atomic mass is 16.6. The smallest absolute Gasteiger partial charge is 0.167 e. The first-order valence-corrected chi connectivity index (χ1v) is 9.43. The molecule has 0 saturated carbocycles. The van der Waals surface area contributed by atoms with Gasteiger partial charge in [0.15, 0.2) is 34.7 Å². The fourth-order valence-corrected chi connectivity index (χ4v) is 3.49. The second kappa shape index (κ2) is 8.40. The van der Waals surface area contributed by atoms with Crippen LogP contribution in [-0.2, 0) is 11.2 Å². The average Bonchev–Trinajstić information content (AvgIpc) is 3.30. The first kappa shape index (κ1) is 20.3. The third-order valence-electron chi connectivity index (χ3n) is 5.10. The minimum Gasteiger partial charge on any atom is -0.504 e. The summed E-state index contributed by atoms with van der Waals surface area (Å²) in [5.74, 6) is 1.000. The molecule has 5 N–H and O–H groups in total. The van der Waals surface area contributed by atoms with E-state index in [-0.39, 0.29) is 5.75 Å². The van der Waals surface area contributed by atoms with Crippen molar-refractivity contribution in [3.8, 4) is 11.5 Å². The molecule has 30 heavy (non-hydrogen) atoms. The van der Waals surface area contributed by atoms with E-state index < -0.39 is 31.1 Å². The Labute approximate surface area is 171 Å². The van der Waals surface area contributed by atoms with Gasteiger partial charge in [-0.15, -0.1) is 0 Å². The molecule has 0 aliphatic carbocycles. The molecule has 3 aromatic rings. The molecule has 11 nitrogen and oxygen atoms in total. The summed E-state index contributed by atoms with van der Waals surface area (Å²) < 4.78 is 12.1. The Bertz CT molecular complexity index is 1030. The van der Waals surface area contributed by atoms with Crippen LogP contribution in [0.3, 0.4) is 0 Å². The number of phenols is 1. The molecule has 1 aromatic carbocycles. The largest absolute Gasteiger partial charge is 0.504 e. The Morgan fingerprint density at radius 1 is 1.20 bits per heavy atom. The Balaban J connectivity index is 1.49. The van der Waals surface area contributed by atoms with Crippen molar-refractivity contribution in [2.45, 2.75) is 31.0 Å². The number of hydrogen-bond donors (Lipinski definition) is 5. The van der Waals surface area contributed by atoms with Crippen molar-refractivity contribution in [3.05, 3.63) is 36.4 Å². The number of hydrogen-bond acceptors (Lipinski definition) is 10. The van der Waals surface area contributed by atoms with Gasteiger partial charge in [-0.25, -0.2) is 15.0 Å². The van der Waals surface area contributed by atoms with Crippen molar-refractivity contribution in [2.24, 2.45) is 0 Å². The highest BCUT2D eigenvalue weighted by Crippen LogP contribution is 2.32. The number of fused-ring (bicyclic) bond motifs is 1. The highest BCUT2D eigenvalue weighted by Gasteiger charge is 2.44. The number of nitrogens with one attached hydrogen (secondary N) is 1. The van der Waals surface area contributed by atoms with E-state index in [1.165, 1.54) is 24.3 Å². The molecular formula is C19H23N5O6. The predicted octanol–water partition coefficient (Wildman–Crippen LogP) is -0.193. The quantitative estimate of drug-likeness (QED) is 0.349. The molecule has 11 heteroatoms. The summed E-state index contributed by atoms with van der Waals surface area (Å²) in [5, 5.41) is 42.6. The summed E-state index contributed by atoms with van der Waals surface area (Å²) in [6.07, 6.45) is -0.810. The van der Waals surface area contributed by atoms with Crippen LogP contribution >= 0.6 is 0 Å². The van der Waals surface area contributed by atoms with Gasteiger partial charge >= 0.3 is 0 Å². The highest BCUT2D eigenvalue weighted by molar-refractivity contribution is 5.82. The molecule has 0 amide bonds. The number of phenolic OH excluding ortho intramolecular Hbond substituents is 1. The van der Waals surface area contributed by atoms with Gasteiger partial charge in [-0.2, -0.15) is 0 Å². The molecule has 4 atom stereocenters. The lowest BCUT2D eigenvalue weighted by Gasteiger charge is -2.16. The Morgan fingerprint density at radius 3 is 2.73 bits per heavy atom. The second-order valence-corrected chi connectivity index (χ2v) is 6.96. The predicted molar refractivity (Wildman–Crippen MR) is 105 cm³/mol. The summed E-state index contributed by atoms with van der Waals surface area (Å²) >= 11 is 0. The van der Waals surface area contributed by atoms with Crippen LogP contribution in [0, 0.1) is 0 Å². The van der Waals surface area contributed by atoms with Gasteiger partial charge in [-0.05, 0) is 24.1 Å². The average molecular weight is 417 g/mol. The minimum atomic E-state index is -1.23. The Morgan fingerprint density at radius 2 is 2.03 bits per heavy atom. The summed E-state index contributed by atoms with van der Waals surface area (Å²) in [6, 6.07) is 5.22. The van der Waals surface area contributed by atoms with Gasteiger partial charge < -0.3 is 35.2 Å². The number of anilines is 1. The van der Waals surface area contributed by atoms with Gasteiger partial charge in [0.1, 0.15) is 24.6 Å². The third kappa shape index (κ3) is 3.63. The Kier molecular flexibility index (Phi) is 5.68. The van der Waals surface area contributed by atoms with Gasteiger partial charge in [0.25, 0.3) is 0 Å². The number of rotatable bonds is 7. The number of imidazole rings is 1. The van der Waals surface area contributed by atoms with E-state index in [9.17, 15) is 20.4 Å². The number of ether oxygens (including phenoxy) is 2. The molecule has 0 bridgehead atoms. The summed E-state index contributed by atoms with van der Waals surface area (Å²) in [6.45, 7) is 0.114. The molecule has 2 aromatic heterocycles. The molecule has 1 aliphatic rings. The number of aliphatic hydroxyl groups excluding tert-OH is 3. The molecule has 1 unspecified atom stereocenters.